The molecule has 3 fully saturated rings. The molecule has 4 rings (SSSR count). The molecule has 1 aromatic rings. The number of halogens is 5. The molecule has 2 aliphatic carbocycles. The average molecular weight is 544 g/mol. The molecule has 2 saturated carbocycles. The summed E-state index contributed by atoms with van der Waals surface area (Å²) in [5.41, 5.74) is -4.39. The Morgan fingerprint density at radius 3 is 2.29 bits per heavy atom. The van der Waals surface area contributed by atoms with Crippen LogP contribution < -0.4 is 21.3 Å². The number of rotatable bonds is 10. The van der Waals surface area contributed by atoms with Crippen LogP contribution in [-0.2, 0) is 19.2 Å². The van der Waals surface area contributed by atoms with Gasteiger partial charge < -0.3 is 21.3 Å². The summed E-state index contributed by atoms with van der Waals surface area (Å²) in [4.78, 5) is 63.0. The summed E-state index contributed by atoms with van der Waals surface area (Å²) in [7, 11) is 0. The maximum Gasteiger partial charge on any atom is 0.403 e. The van der Waals surface area contributed by atoms with Gasteiger partial charge in [-0.1, -0.05) is 6.07 Å². The van der Waals surface area contributed by atoms with Gasteiger partial charge in [-0.3, -0.25) is 24.0 Å². The lowest BCUT2D eigenvalue weighted by Gasteiger charge is -2.22. The van der Waals surface area contributed by atoms with Gasteiger partial charge >= 0.3 is 6.18 Å². The van der Waals surface area contributed by atoms with Crippen LogP contribution in [0.4, 0.5) is 27.6 Å². The average Bonchev–Trinajstić information content (AvgIpc) is 3.77. The molecule has 1 heterocycles. The predicted molar refractivity (Wildman–Crippen MR) is 121 cm³/mol. The zero-order valence-corrected chi connectivity index (χ0v) is 19.9. The van der Waals surface area contributed by atoms with Gasteiger partial charge in [0.25, 0.3) is 18.2 Å². The molecule has 4 N–H and O–H groups in total. The molecule has 2 atom stereocenters. The maximum absolute atomic E-state index is 13.4. The van der Waals surface area contributed by atoms with Crippen molar-refractivity contribution in [3.63, 3.8) is 0 Å². The van der Waals surface area contributed by atoms with Crippen molar-refractivity contribution in [3.05, 3.63) is 29.3 Å². The van der Waals surface area contributed by atoms with Crippen LogP contribution in [0.15, 0.2) is 18.2 Å². The van der Waals surface area contributed by atoms with Crippen LogP contribution in [-0.4, -0.2) is 54.2 Å². The number of carbonyl (C=O) groups excluding carboxylic acids is 5. The maximum atomic E-state index is 13.4. The fraction of sp³-hybridized carbons (Fsp3) is 0.542. The number of amides is 4. The largest absolute Gasteiger partial charge is 0.403 e. The molecule has 1 saturated heterocycles. The van der Waals surface area contributed by atoms with Crippen molar-refractivity contribution < 1.29 is 45.9 Å². The first-order valence-electron chi connectivity index (χ1n) is 12.1. The first-order chi connectivity index (χ1) is 17.8. The Balaban J connectivity index is 1.59. The molecule has 206 valence electrons. The first kappa shape index (κ1) is 27.5. The third-order valence-electron chi connectivity index (χ3n) is 6.96. The lowest BCUT2D eigenvalue weighted by Crippen LogP contribution is -2.49. The predicted octanol–water partition coefficient (Wildman–Crippen LogP) is 2.38. The Morgan fingerprint density at radius 2 is 1.76 bits per heavy atom. The molecule has 9 nitrogen and oxygen atoms in total. The molecule has 1 aromatic carbocycles. The van der Waals surface area contributed by atoms with Gasteiger partial charge in [-0.2, -0.15) is 13.2 Å². The van der Waals surface area contributed by atoms with E-state index < -0.39 is 89.0 Å². The van der Waals surface area contributed by atoms with E-state index in [1.54, 1.807) is 0 Å². The lowest BCUT2D eigenvalue weighted by molar-refractivity contribution is -0.189. The van der Waals surface area contributed by atoms with Crippen LogP contribution in [0.1, 0.15) is 60.9 Å². The van der Waals surface area contributed by atoms with Crippen LogP contribution >= 0.6 is 0 Å². The zero-order chi connectivity index (χ0) is 27.8. The summed E-state index contributed by atoms with van der Waals surface area (Å²) in [6.45, 7) is 0.320. The monoisotopic (exact) mass is 544 g/mol. The van der Waals surface area contributed by atoms with Gasteiger partial charge in [0.05, 0.1) is 17.3 Å². The van der Waals surface area contributed by atoms with E-state index in [1.165, 1.54) is 0 Å². The van der Waals surface area contributed by atoms with E-state index in [0.717, 1.165) is 12.1 Å². The van der Waals surface area contributed by atoms with Gasteiger partial charge in [0.2, 0.25) is 17.6 Å². The van der Waals surface area contributed by atoms with Crippen molar-refractivity contribution in [2.24, 2.45) is 11.3 Å². The molecule has 0 bridgehead atoms. The second kappa shape index (κ2) is 10.3. The number of benzene rings is 1. The van der Waals surface area contributed by atoms with Crippen LogP contribution in [0, 0.1) is 11.3 Å². The molecule has 1 aliphatic heterocycles. The Kier molecular flexibility index (Phi) is 7.44. The minimum absolute atomic E-state index is 0.189. The summed E-state index contributed by atoms with van der Waals surface area (Å²) < 4.78 is 66.9. The molecule has 3 aliphatic rings. The van der Waals surface area contributed by atoms with Crippen LogP contribution in [0.2, 0.25) is 0 Å². The summed E-state index contributed by atoms with van der Waals surface area (Å²) in [6, 6.07) is 0.696. The Hall–Kier alpha value is -3.58. The molecule has 4 amide bonds. The van der Waals surface area contributed by atoms with Crippen molar-refractivity contribution in [3.8, 4) is 0 Å². The van der Waals surface area contributed by atoms with Crippen molar-refractivity contribution in [1.29, 1.82) is 0 Å². The topological polar surface area (TPSA) is 133 Å². The quantitative estimate of drug-likeness (QED) is 0.265. The molecular weight excluding hydrogens is 519 g/mol. The van der Waals surface area contributed by atoms with E-state index >= 15 is 0 Å². The van der Waals surface area contributed by atoms with Crippen LogP contribution in [0.25, 0.3) is 0 Å². The van der Waals surface area contributed by atoms with E-state index in [-0.39, 0.29) is 12.5 Å². The number of nitrogens with one attached hydrogen (secondary N) is 4. The molecule has 0 aromatic heterocycles. The summed E-state index contributed by atoms with van der Waals surface area (Å²) in [5, 5.41) is 9.33. The normalized spacial score (nSPS) is 20.9. The fourth-order valence-corrected chi connectivity index (χ4v) is 4.27. The van der Waals surface area contributed by atoms with E-state index in [9.17, 15) is 45.9 Å². The Labute approximate surface area is 213 Å². The summed E-state index contributed by atoms with van der Waals surface area (Å²) in [6.07, 6.45) is -7.43. The molecule has 38 heavy (non-hydrogen) atoms. The SMILES string of the molecule is O=C(NC1CC1)C(=O)C(CC1CCNC1=O)NC(=O)c1cc(C(F)F)ccc1NC(=O)C1(C(F)(F)F)CC1. The second-order valence-electron chi connectivity index (χ2n) is 9.79. The van der Waals surface area contributed by atoms with Gasteiger partial charge in [0, 0.05) is 24.1 Å². The molecule has 2 unspecified atom stereocenters. The third kappa shape index (κ3) is 5.78. The van der Waals surface area contributed by atoms with E-state index in [2.05, 4.69) is 16.0 Å². The van der Waals surface area contributed by atoms with Gasteiger partial charge in [-0.05, 0) is 50.7 Å². The van der Waals surface area contributed by atoms with E-state index in [1.807, 2.05) is 5.32 Å². The zero-order valence-electron chi connectivity index (χ0n) is 19.9. The molecular formula is C24H25F5N4O5. The van der Waals surface area contributed by atoms with Gasteiger partial charge in [-0.15, -0.1) is 0 Å². The second-order valence-corrected chi connectivity index (χ2v) is 9.79. The third-order valence-corrected chi connectivity index (χ3v) is 6.96. The minimum Gasteiger partial charge on any atom is -0.356 e. The highest BCUT2D eigenvalue weighted by Gasteiger charge is 2.68. The molecule has 0 spiro atoms. The number of hydrogen-bond acceptors (Lipinski definition) is 5. The standard InChI is InChI=1S/C24H25F5N4O5/c25-18(26)11-1-4-15(33-22(38)23(6-7-23)24(27,28)29)14(9-11)20(36)32-16(10-12-5-8-30-19(12)35)17(34)21(37)31-13-2-3-13/h1,4,9,12-13,16,18H,2-3,5-8,10H2,(H,30,35)(H,31,37)(H,32,36)(H,33,38). The van der Waals surface area contributed by atoms with E-state index in [4.69, 9.17) is 0 Å². The van der Waals surface area contributed by atoms with Crippen LogP contribution in [0.3, 0.4) is 0 Å². The smallest absolute Gasteiger partial charge is 0.356 e. The minimum atomic E-state index is -4.85. The number of anilines is 1. The number of ketones is 1. The van der Waals surface area contributed by atoms with Crippen LogP contribution in [0.5, 0.6) is 0 Å². The van der Waals surface area contributed by atoms with E-state index in [0.29, 0.717) is 31.9 Å². The van der Waals surface area contributed by atoms with Gasteiger partial charge in [0.15, 0.2) is 0 Å². The summed E-state index contributed by atoms with van der Waals surface area (Å²) in [5.74, 6) is -5.79. The number of carbonyl (C=O) groups is 5. The number of alkyl halides is 5. The van der Waals surface area contributed by atoms with Gasteiger partial charge in [-0.25, -0.2) is 8.78 Å². The molecule has 0 radical (unpaired) electrons. The number of Topliss-reactive ketones (excluding diaryl/α,β-unsaturated/α-hetero) is 1. The fourth-order valence-electron chi connectivity index (χ4n) is 4.27. The van der Waals surface area contributed by atoms with Crippen molar-refractivity contribution in [1.82, 2.24) is 16.0 Å². The number of hydrogen-bond donors (Lipinski definition) is 4. The Bertz CT molecular complexity index is 1160. The highest BCUT2D eigenvalue weighted by Crippen LogP contribution is 2.58. The van der Waals surface area contributed by atoms with Gasteiger partial charge in [0.1, 0.15) is 5.41 Å². The first-order valence-corrected chi connectivity index (χ1v) is 12.1. The highest BCUT2D eigenvalue weighted by molar-refractivity contribution is 6.38. The highest BCUT2D eigenvalue weighted by atomic mass is 19.4. The van der Waals surface area contributed by atoms with Crippen molar-refractivity contribution >= 4 is 35.1 Å². The summed E-state index contributed by atoms with van der Waals surface area (Å²) >= 11 is 0. The molecule has 14 heteroatoms. The Morgan fingerprint density at radius 1 is 1.08 bits per heavy atom. The lowest BCUT2D eigenvalue weighted by atomic mass is 9.95. The van der Waals surface area contributed by atoms with Crippen molar-refractivity contribution in [2.75, 3.05) is 11.9 Å². The van der Waals surface area contributed by atoms with Crippen molar-refractivity contribution in [2.45, 2.75) is 63.2 Å².